The van der Waals surface area contributed by atoms with Crippen molar-refractivity contribution in [2.45, 2.75) is 31.8 Å². The summed E-state index contributed by atoms with van der Waals surface area (Å²) in [5.41, 5.74) is -0.0639. The summed E-state index contributed by atoms with van der Waals surface area (Å²) in [4.78, 5) is 1.10. The van der Waals surface area contributed by atoms with Gasteiger partial charge >= 0.3 is 0 Å². The Morgan fingerprint density at radius 1 is 1.40 bits per heavy atom. The lowest BCUT2D eigenvalue weighted by Crippen LogP contribution is -2.28. The van der Waals surface area contributed by atoms with Crippen molar-refractivity contribution in [1.29, 1.82) is 0 Å². The molecule has 1 aromatic rings. The molecular formula is C12H17ClOS. The van der Waals surface area contributed by atoms with Crippen molar-refractivity contribution in [3.05, 3.63) is 29.3 Å². The van der Waals surface area contributed by atoms with Crippen molar-refractivity contribution in [2.75, 3.05) is 5.75 Å². The molecule has 0 saturated heterocycles. The average molecular weight is 245 g/mol. The summed E-state index contributed by atoms with van der Waals surface area (Å²) in [6.45, 7) is 6.11. The highest BCUT2D eigenvalue weighted by atomic mass is 35.5. The summed E-state index contributed by atoms with van der Waals surface area (Å²) in [6, 6.07) is 7.70. The molecule has 1 nitrogen and oxygen atoms in total. The third kappa shape index (κ3) is 4.45. The molecule has 0 radical (unpaired) electrons. The van der Waals surface area contributed by atoms with Crippen LogP contribution in [-0.4, -0.2) is 17.0 Å². The molecular weight excluding hydrogens is 228 g/mol. The fourth-order valence-corrected chi connectivity index (χ4v) is 2.47. The van der Waals surface area contributed by atoms with E-state index in [4.69, 9.17) is 11.6 Å². The number of aliphatic hydroxyl groups is 1. The molecule has 84 valence electrons. The second-order valence-electron chi connectivity index (χ2n) is 4.65. The highest BCUT2D eigenvalue weighted by molar-refractivity contribution is 7.99. The summed E-state index contributed by atoms with van der Waals surface area (Å²) in [5, 5.41) is 10.6. The van der Waals surface area contributed by atoms with E-state index in [1.165, 1.54) is 0 Å². The van der Waals surface area contributed by atoms with E-state index in [9.17, 15) is 5.11 Å². The summed E-state index contributed by atoms with van der Waals surface area (Å²) in [5.74, 6) is 0.698. The van der Waals surface area contributed by atoms with Crippen LogP contribution < -0.4 is 0 Å². The number of aliphatic hydroxyl groups excluding tert-OH is 1. The fraction of sp³-hybridized carbons (Fsp3) is 0.500. The monoisotopic (exact) mass is 244 g/mol. The highest BCUT2D eigenvalue weighted by Gasteiger charge is 2.21. The van der Waals surface area contributed by atoms with E-state index < -0.39 is 0 Å². The number of hydrogen-bond donors (Lipinski definition) is 1. The van der Waals surface area contributed by atoms with Gasteiger partial charge in [-0.1, -0.05) is 38.4 Å². The molecule has 0 saturated carbocycles. The van der Waals surface area contributed by atoms with Gasteiger partial charge in [-0.2, -0.15) is 0 Å². The summed E-state index contributed by atoms with van der Waals surface area (Å²) in [7, 11) is 0. The van der Waals surface area contributed by atoms with Crippen LogP contribution in [0, 0.1) is 5.41 Å². The standard InChI is InChI=1S/C12H17ClOS/c1-12(2,3)11(14)8-15-10-6-4-5-9(13)7-10/h4-7,11,14H,8H2,1-3H3. The fourth-order valence-electron chi connectivity index (χ4n) is 0.982. The first-order valence-corrected chi connectivity index (χ1v) is 6.32. The van der Waals surface area contributed by atoms with Crippen LogP contribution >= 0.6 is 23.4 Å². The van der Waals surface area contributed by atoms with Gasteiger partial charge in [0.1, 0.15) is 0 Å². The molecule has 0 aliphatic rings. The lowest BCUT2D eigenvalue weighted by atomic mass is 9.90. The van der Waals surface area contributed by atoms with Crippen LogP contribution in [0.15, 0.2) is 29.2 Å². The Labute approximate surface area is 101 Å². The summed E-state index contributed by atoms with van der Waals surface area (Å²) >= 11 is 7.51. The van der Waals surface area contributed by atoms with Crippen molar-refractivity contribution >= 4 is 23.4 Å². The van der Waals surface area contributed by atoms with Gasteiger partial charge in [0.15, 0.2) is 0 Å². The first kappa shape index (κ1) is 12.9. The zero-order valence-electron chi connectivity index (χ0n) is 9.33. The van der Waals surface area contributed by atoms with Crippen LogP contribution in [0.3, 0.4) is 0 Å². The second kappa shape index (κ2) is 5.24. The molecule has 0 bridgehead atoms. The molecule has 0 heterocycles. The van der Waals surface area contributed by atoms with E-state index in [1.807, 2.05) is 45.0 Å². The summed E-state index contributed by atoms with van der Waals surface area (Å²) < 4.78 is 0. The van der Waals surface area contributed by atoms with Gasteiger partial charge in [-0.25, -0.2) is 0 Å². The van der Waals surface area contributed by atoms with Gasteiger partial charge in [0, 0.05) is 15.7 Å². The predicted octanol–water partition coefficient (Wildman–Crippen LogP) is 3.84. The molecule has 1 N–H and O–H groups in total. The van der Waals surface area contributed by atoms with Crippen molar-refractivity contribution in [3.63, 3.8) is 0 Å². The van der Waals surface area contributed by atoms with Crippen LogP contribution in [0.1, 0.15) is 20.8 Å². The Morgan fingerprint density at radius 3 is 2.60 bits per heavy atom. The Hall–Kier alpha value is -0.180. The molecule has 0 spiro atoms. The largest absolute Gasteiger partial charge is 0.392 e. The number of halogens is 1. The summed E-state index contributed by atoms with van der Waals surface area (Å²) in [6.07, 6.45) is -0.304. The maximum absolute atomic E-state index is 9.86. The van der Waals surface area contributed by atoms with E-state index in [1.54, 1.807) is 11.8 Å². The molecule has 0 aliphatic heterocycles. The van der Waals surface area contributed by atoms with Crippen LogP contribution in [-0.2, 0) is 0 Å². The minimum absolute atomic E-state index is 0.0639. The van der Waals surface area contributed by atoms with Crippen molar-refractivity contribution in [3.8, 4) is 0 Å². The Kier molecular flexibility index (Phi) is 4.50. The predicted molar refractivity (Wildman–Crippen MR) is 67.6 cm³/mol. The van der Waals surface area contributed by atoms with E-state index in [0.717, 1.165) is 9.92 Å². The molecule has 3 heteroatoms. The molecule has 0 amide bonds. The molecule has 15 heavy (non-hydrogen) atoms. The lowest BCUT2D eigenvalue weighted by molar-refractivity contribution is 0.0843. The number of benzene rings is 1. The number of rotatable bonds is 3. The Morgan fingerprint density at radius 2 is 2.07 bits per heavy atom. The quantitative estimate of drug-likeness (QED) is 0.816. The van der Waals surface area contributed by atoms with Gasteiger partial charge < -0.3 is 5.11 Å². The van der Waals surface area contributed by atoms with Gasteiger partial charge in [-0.3, -0.25) is 0 Å². The third-order valence-corrected chi connectivity index (χ3v) is 3.51. The maximum Gasteiger partial charge on any atom is 0.0682 e. The molecule has 1 aromatic carbocycles. The van der Waals surface area contributed by atoms with E-state index in [2.05, 4.69) is 0 Å². The first-order chi connectivity index (χ1) is 6.89. The molecule has 1 atom stereocenters. The minimum atomic E-state index is -0.304. The first-order valence-electron chi connectivity index (χ1n) is 4.96. The Bertz CT molecular complexity index is 320. The second-order valence-corrected chi connectivity index (χ2v) is 6.18. The molecule has 0 aliphatic carbocycles. The van der Waals surface area contributed by atoms with Gasteiger partial charge in [-0.15, -0.1) is 11.8 Å². The Balaban J connectivity index is 2.51. The van der Waals surface area contributed by atoms with E-state index in [0.29, 0.717) is 5.75 Å². The van der Waals surface area contributed by atoms with Crippen molar-refractivity contribution in [2.24, 2.45) is 5.41 Å². The zero-order valence-corrected chi connectivity index (χ0v) is 10.9. The number of thioether (sulfide) groups is 1. The average Bonchev–Trinajstić information content (AvgIpc) is 2.12. The van der Waals surface area contributed by atoms with Gasteiger partial charge in [0.05, 0.1) is 6.10 Å². The zero-order chi connectivity index (χ0) is 11.5. The van der Waals surface area contributed by atoms with Crippen LogP contribution in [0.2, 0.25) is 5.02 Å². The maximum atomic E-state index is 9.86. The molecule has 0 aromatic heterocycles. The van der Waals surface area contributed by atoms with Crippen LogP contribution in [0.4, 0.5) is 0 Å². The smallest absolute Gasteiger partial charge is 0.0682 e. The van der Waals surface area contributed by atoms with Gasteiger partial charge in [-0.05, 0) is 23.6 Å². The van der Waals surface area contributed by atoms with E-state index in [-0.39, 0.29) is 11.5 Å². The van der Waals surface area contributed by atoms with Gasteiger partial charge in [0.25, 0.3) is 0 Å². The van der Waals surface area contributed by atoms with Crippen LogP contribution in [0.5, 0.6) is 0 Å². The minimum Gasteiger partial charge on any atom is -0.392 e. The van der Waals surface area contributed by atoms with Crippen LogP contribution in [0.25, 0.3) is 0 Å². The van der Waals surface area contributed by atoms with E-state index >= 15 is 0 Å². The SMILES string of the molecule is CC(C)(C)C(O)CSc1cccc(Cl)c1. The normalized spacial score (nSPS) is 13.9. The molecule has 1 unspecified atom stereocenters. The molecule has 0 fully saturated rings. The lowest BCUT2D eigenvalue weighted by Gasteiger charge is -2.25. The number of hydrogen-bond acceptors (Lipinski definition) is 2. The molecule has 1 rings (SSSR count). The third-order valence-electron chi connectivity index (χ3n) is 2.20. The van der Waals surface area contributed by atoms with Crippen molar-refractivity contribution < 1.29 is 5.11 Å². The van der Waals surface area contributed by atoms with Gasteiger partial charge in [0.2, 0.25) is 0 Å². The highest BCUT2D eigenvalue weighted by Crippen LogP contribution is 2.27. The van der Waals surface area contributed by atoms with Crippen molar-refractivity contribution in [1.82, 2.24) is 0 Å². The topological polar surface area (TPSA) is 20.2 Å².